The number of nitrogens with zero attached hydrogens (tertiary/aromatic N) is 1. The van der Waals surface area contributed by atoms with E-state index in [1.807, 2.05) is 26.2 Å². The maximum Gasteiger partial charge on any atom is 0.221 e. The van der Waals surface area contributed by atoms with Crippen molar-refractivity contribution in [3.8, 4) is 0 Å². The minimum Gasteiger partial charge on any atom is -0.384 e. The molecule has 0 radical (unpaired) electrons. The van der Waals surface area contributed by atoms with E-state index >= 15 is 0 Å². The van der Waals surface area contributed by atoms with Crippen molar-refractivity contribution in [2.75, 3.05) is 39.0 Å². The minimum atomic E-state index is 0.0969. The molecule has 0 atom stereocenters. The number of likely N-dealkylation sites (N-methyl/N-ethyl adjacent to an activating group) is 1. The maximum absolute atomic E-state index is 11.6. The number of nitrogens with one attached hydrogen (secondary N) is 2. The second-order valence-electron chi connectivity index (χ2n) is 5.08. The summed E-state index contributed by atoms with van der Waals surface area (Å²) in [5.41, 5.74) is 3.62. The number of carbonyl (C=O) groups excluding carboxylic acids is 1. The van der Waals surface area contributed by atoms with Gasteiger partial charge in [-0.15, -0.1) is 0 Å². The van der Waals surface area contributed by atoms with E-state index in [9.17, 15) is 4.79 Å². The Morgan fingerprint density at radius 1 is 1.21 bits per heavy atom. The quantitative estimate of drug-likeness (QED) is 0.788. The summed E-state index contributed by atoms with van der Waals surface area (Å²) >= 11 is 0. The molecule has 0 bridgehead atoms. The Balaban J connectivity index is 2.26. The van der Waals surface area contributed by atoms with Crippen molar-refractivity contribution in [2.45, 2.75) is 20.3 Å². The lowest BCUT2D eigenvalue weighted by molar-refractivity contribution is -0.120. The van der Waals surface area contributed by atoms with E-state index in [4.69, 9.17) is 0 Å². The van der Waals surface area contributed by atoms with Crippen LogP contribution in [0, 0.1) is 13.8 Å². The van der Waals surface area contributed by atoms with Gasteiger partial charge in [0.15, 0.2) is 0 Å². The largest absolute Gasteiger partial charge is 0.384 e. The van der Waals surface area contributed by atoms with Crippen LogP contribution in [0.5, 0.6) is 0 Å². The van der Waals surface area contributed by atoms with Crippen LogP contribution in [-0.4, -0.2) is 44.5 Å². The lowest BCUT2D eigenvalue weighted by atomic mass is 10.1. The summed E-state index contributed by atoms with van der Waals surface area (Å²) in [6, 6.07) is 6.17. The molecule has 2 N–H and O–H groups in total. The number of rotatable bonds is 7. The number of aryl methyl sites for hydroxylation is 1. The Kier molecular flexibility index (Phi) is 6.36. The second-order valence-corrected chi connectivity index (χ2v) is 5.08. The molecule has 4 heteroatoms. The molecule has 0 fully saturated rings. The maximum atomic E-state index is 11.6. The fraction of sp³-hybridized carbons (Fsp3) is 0.533. The molecular formula is C15H25N3O. The van der Waals surface area contributed by atoms with Gasteiger partial charge in [0, 0.05) is 31.7 Å². The summed E-state index contributed by atoms with van der Waals surface area (Å²) in [6.07, 6.45) is 0.501. The third-order valence-corrected chi connectivity index (χ3v) is 3.15. The van der Waals surface area contributed by atoms with Gasteiger partial charge < -0.3 is 15.5 Å². The molecule has 106 valence electrons. The van der Waals surface area contributed by atoms with Crippen LogP contribution >= 0.6 is 0 Å². The summed E-state index contributed by atoms with van der Waals surface area (Å²) in [4.78, 5) is 13.6. The Labute approximate surface area is 116 Å². The number of hydrogen-bond acceptors (Lipinski definition) is 3. The topological polar surface area (TPSA) is 44.4 Å². The van der Waals surface area contributed by atoms with Crippen LogP contribution in [-0.2, 0) is 4.79 Å². The van der Waals surface area contributed by atoms with Crippen molar-refractivity contribution in [1.82, 2.24) is 10.2 Å². The van der Waals surface area contributed by atoms with Crippen LogP contribution in [0.2, 0.25) is 0 Å². The molecule has 1 rings (SSSR count). The van der Waals surface area contributed by atoms with Crippen LogP contribution in [0.15, 0.2) is 18.2 Å². The average molecular weight is 263 g/mol. The van der Waals surface area contributed by atoms with Gasteiger partial charge in [-0.1, -0.05) is 12.1 Å². The van der Waals surface area contributed by atoms with Gasteiger partial charge in [-0.25, -0.2) is 0 Å². The number of hydrogen-bond donors (Lipinski definition) is 2. The highest BCUT2D eigenvalue weighted by Gasteiger charge is 2.03. The SMILES string of the molecule is Cc1cccc(NCCC(=O)NCCN(C)C)c1C. The van der Waals surface area contributed by atoms with Crippen LogP contribution in [0.3, 0.4) is 0 Å². The molecule has 0 aliphatic carbocycles. The molecule has 4 nitrogen and oxygen atoms in total. The highest BCUT2D eigenvalue weighted by molar-refractivity contribution is 5.76. The van der Waals surface area contributed by atoms with Gasteiger partial charge in [0.25, 0.3) is 0 Å². The number of benzene rings is 1. The van der Waals surface area contributed by atoms with E-state index in [1.165, 1.54) is 11.1 Å². The first-order valence-corrected chi connectivity index (χ1v) is 6.72. The van der Waals surface area contributed by atoms with Gasteiger partial charge in [0.1, 0.15) is 0 Å². The lowest BCUT2D eigenvalue weighted by Crippen LogP contribution is -2.32. The first-order chi connectivity index (χ1) is 9.00. The van der Waals surface area contributed by atoms with Crippen LogP contribution < -0.4 is 10.6 Å². The van der Waals surface area contributed by atoms with E-state index in [0.717, 1.165) is 12.2 Å². The fourth-order valence-corrected chi connectivity index (χ4v) is 1.76. The zero-order valence-electron chi connectivity index (χ0n) is 12.4. The summed E-state index contributed by atoms with van der Waals surface area (Å²) in [6.45, 7) is 6.42. The summed E-state index contributed by atoms with van der Waals surface area (Å²) < 4.78 is 0. The van der Waals surface area contributed by atoms with Gasteiger partial charge in [-0.05, 0) is 45.1 Å². The van der Waals surface area contributed by atoms with Gasteiger partial charge in [-0.3, -0.25) is 4.79 Å². The zero-order valence-corrected chi connectivity index (χ0v) is 12.4. The number of carbonyl (C=O) groups is 1. The molecule has 19 heavy (non-hydrogen) atoms. The van der Waals surface area contributed by atoms with Crippen molar-refractivity contribution < 1.29 is 4.79 Å². The third-order valence-electron chi connectivity index (χ3n) is 3.15. The highest BCUT2D eigenvalue weighted by Crippen LogP contribution is 2.17. The predicted octanol–water partition coefficient (Wildman–Crippen LogP) is 1.78. The van der Waals surface area contributed by atoms with Gasteiger partial charge >= 0.3 is 0 Å². The molecule has 0 saturated carbocycles. The molecule has 0 aliphatic rings. The Morgan fingerprint density at radius 3 is 2.63 bits per heavy atom. The molecular weight excluding hydrogens is 238 g/mol. The first kappa shape index (κ1) is 15.5. The van der Waals surface area contributed by atoms with E-state index in [2.05, 4.69) is 35.4 Å². The second kappa shape index (κ2) is 7.79. The van der Waals surface area contributed by atoms with Crippen molar-refractivity contribution >= 4 is 11.6 Å². The van der Waals surface area contributed by atoms with Crippen LogP contribution in [0.25, 0.3) is 0 Å². The molecule has 1 amide bonds. The van der Waals surface area contributed by atoms with Crippen LogP contribution in [0.4, 0.5) is 5.69 Å². The van der Waals surface area contributed by atoms with Crippen molar-refractivity contribution in [1.29, 1.82) is 0 Å². The molecule has 0 spiro atoms. The van der Waals surface area contributed by atoms with Gasteiger partial charge in [0.2, 0.25) is 5.91 Å². The highest BCUT2D eigenvalue weighted by atomic mass is 16.1. The molecule has 0 heterocycles. The normalized spacial score (nSPS) is 10.6. The van der Waals surface area contributed by atoms with Gasteiger partial charge in [-0.2, -0.15) is 0 Å². The van der Waals surface area contributed by atoms with E-state index in [0.29, 0.717) is 19.5 Å². The summed E-state index contributed by atoms with van der Waals surface area (Å²) in [5, 5.41) is 6.22. The molecule has 0 aliphatic heterocycles. The van der Waals surface area contributed by atoms with E-state index < -0.39 is 0 Å². The zero-order chi connectivity index (χ0) is 14.3. The number of anilines is 1. The van der Waals surface area contributed by atoms with Gasteiger partial charge in [0.05, 0.1) is 0 Å². The van der Waals surface area contributed by atoms with Crippen molar-refractivity contribution in [3.63, 3.8) is 0 Å². The Bertz CT molecular complexity index is 416. The molecule has 1 aromatic rings. The Hall–Kier alpha value is -1.55. The fourth-order valence-electron chi connectivity index (χ4n) is 1.76. The first-order valence-electron chi connectivity index (χ1n) is 6.72. The monoisotopic (exact) mass is 263 g/mol. The van der Waals surface area contributed by atoms with E-state index in [-0.39, 0.29) is 5.91 Å². The summed E-state index contributed by atoms with van der Waals surface area (Å²) in [5.74, 6) is 0.0969. The third kappa shape index (κ3) is 5.75. The molecule has 0 aromatic heterocycles. The summed E-state index contributed by atoms with van der Waals surface area (Å²) in [7, 11) is 3.99. The smallest absolute Gasteiger partial charge is 0.221 e. The predicted molar refractivity (Wildman–Crippen MR) is 80.6 cm³/mol. The average Bonchev–Trinajstić information content (AvgIpc) is 2.34. The molecule has 1 aromatic carbocycles. The Morgan fingerprint density at radius 2 is 1.95 bits per heavy atom. The number of amides is 1. The molecule has 0 unspecified atom stereocenters. The van der Waals surface area contributed by atoms with Crippen molar-refractivity contribution in [2.24, 2.45) is 0 Å². The minimum absolute atomic E-state index is 0.0969. The van der Waals surface area contributed by atoms with Crippen molar-refractivity contribution in [3.05, 3.63) is 29.3 Å². The lowest BCUT2D eigenvalue weighted by Gasteiger charge is -2.12. The van der Waals surface area contributed by atoms with Crippen LogP contribution in [0.1, 0.15) is 17.5 Å². The standard InChI is InChI=1S/C15H25N3O/c1-12-6-5-7-14(13(12)2)16-9-8-15(19)17-10-11-18(3)4/h5-7,16H,8-11H2,1-4H3,(H,17,19). The van der Waals surface area contributed by atoms with E-state index in [1.54, 1.807) is 0 Å². The molecule has 0 saturated heterocycles.